The molecule has 0 aliphatic carbocycles. The standard InChI is InChI=1S/C25H37NO4/c1-4-30-24(29)14-10-5-6-11-19-26-21(16-18-23(26)28)15-17-22(27)25(2,3)20-12-8-7-9-13-20/h7-9,12-13,15,17,21-22,27H,4-6,10-11,14,16,18-19H2,1-3H3. The quantitative estimate of drug-likeness (QED) is 0.312. The summed E-state index contributed by atoms with van der Waals surface area (Å²) in [5.74, 6) is 0.0578. The van der Waals surface area contributed by atoms with E-state index in [9.17, 15) is 14.7 Å². The number of carbonyl (C=O) groups excluding carboxylic acids is 2. The van der Waals surface area contributed by atoms with Gasteiger partial charge in [-0.1, -0.05) is 69.2 Å². The van der Waals surface area contributed by atoms with E-state index in [-0.39, 0.29) is 17.9 Å². The second-order valence-corrected chi connectivity index (χ2v) is 8.58. The van der Waals surface area contributed by atoms with Gasteiger partial charge >= 0.3 is 5.97 Å². The van der Waals surface area contributed by atoms with Crippen LogP contribution in [0.15, 0.2) is 42.5 Å². The Balaban J connectivity index is 1.80. The van der Waals surface area contributed by atoms with E-state index in [1.807, 2.05) is 68.2 Å². The molecule has 1 heterocycles. The van der Waals surface area contributed by atoms with Gasteiger partial charge in [0.05, 0.1) is 18.8 Å². The SMILES string of the molecule is CCOC(=O)CCCCCCN1C(=O)CCC1C=CC(O)C(C)(C)c1ccccc1. The summed E-state index contributed by atoms with van der Waals surface area (Å²) in [4.78, 5) is 25.6. The number of amides is 1. The number of hydrogen-bond acceptors (Lipinski definition) is 4. The topological polar surface area (TPSA) is 66.8 Å². The van der Waals surface area contributed by atoms with Gasteiger partial charge < -0.3 is 14.7 Å². The van der Waals surface area contributed by atoms with E-state index in [0.29, 0.717) is 19.4 Å². The number of nitrogens with zero attached hydrogens (tertiary/aromatic N) is 1. The predicted octanol–water partition coefficient (Wildman–Crippen LogP) is 4.39. The highest BCUT2D eigenvalue weighted by Gasteiger charge is 2.31. The van der Waals surface area contributed by atoms with Gasteiger partial charge in [-0.2, -0.15) is 0 Å². The van der Waals surface area contributed by atoms with Crippen LogP contribution in [0.25, 0.3) is 0 Å². The summed E-state index contributed by atoms with van der Waals surface area (Å²) in [5, 5.41) is 10.8. The zero-order valence-corrected chi connectivity index (χ0v) is 18.7. The summed E-state index contributed by atoms with van der Waals surface area (Å²) in [5.41, 5.74) is 0.689. The van der Waals surface area contributed by atoms with Gasteiger partial charge in [0.2, 0.25) is 5.91 Å². The lowest BCUT2D eigenvalue weighted by atomic mass is 9.79. The number of hydrogen-bond donors (Lipinski definition) is 1. The average molecular weight is 416 g/mol. The van der Waals surface area contributed by atoms with Crippen molar-refractivity contribution >= 4 is 11.9 Å². The molecule has 1 aliphatic heterocycles. The minimum atomic E-state index is -0.625. The van der Waals surface area contributed by atoms with E-state index in [1.165, 1.54) is 0 Å². The van der Waals surface area contributed by atoms with Gasteiger partial charge in [-0.25, -0.2) is 0 Å². The largest absolute Gasteiger partial charge is 0.466 e. The third-order valence-electron chi connectivity index (χ3n) is 5.98. The molecule has 0 saturated carbocycles. The van der Waals surface area contributed by atoms with Crippen LogP contribution in [0.5, 0.6) is 0 Å². The van der Waals surface area contributed by atoms with Crippen molar-refractivity contribution < 1.29 is 19.4 Å². The molecule has 30 heavy (non-hydrogen) atoms. The second-order valence-electron chi connectivity index (χ2n) is 8.58. The van der Waals surface area contributed by atoms with Crippen molar-refractivity contribution in [2.45, 2.75) is 83.3 Å². The normalized spacial score (nSPS) is 18.2. The summed E-state index contributed by atoms with van der Waals surface area (Å²) in [6, 6.07) is 10.1. The molecule has 2 rings (SSSR count). The van der Waals surface area contributed by atoms with Gasteiger partial charge in [0.25, 0.3) is 0 Å². The van der Waals surface area contributed by atoms with Crippen molar-refractivity contribution in [3.8, 4) is 0 Å². The number of carbonyl (C=O) groups is 2. The molecule has 0 spiro atoms. The van der Waals surface area contributed by atoms with Gasteiger partial charge in [0.15, 0.2) is 0 Å². The van der Waals surface area contributed by atoms with Crippen molar-refractivity contribution in [3.05, 3.63) is 48.0 Å². The van der Waals surface area contributed by atoms with Crippen LogP contribution in [0.2, 0.25) is 0 Å². The highest BCUT2D eigenvalue weighted by molar-refractivity contribution is 5.79. The van der Waals surface area contributed by atoms with E-state index in [1.54, 1.807) is 0 Å². The zero-order chi connectivity index (χ0) is 22.0. The van der Waals surface area contributed by atoms with E-state index >= 15 is 0 Å². The van der Waals surface area contributed by atoms with Crippen molar-refractivity contribution in [1.29, 1.82) is 0 Å². The Bertz CT molecular complexity index is 698. The molecule has 0 aromatic heterocycles. The van der Waals surface area contributed by atoms with Crippen molar-refractivity contribution in [2.24, 2.45) is 0 Å². The number of ether oxygens (including phenoxy) is 1. The first-order chi connectivity index (χ1) is 14.4. The molecule has 0 radical (unpaired) electrons. The maximum atomic E-state index is 12.3. The van der Waals surface area contributed by atoms with Gasteiger partial charge in [-0.05, 0) is 31.7 Å². The van der Waals surface area contributed by atoms with Crippen LogP contribution in [0, 0.1) is 0 Å². The highest BCUT2D eigenvalue weighted by atomic mass is 16.5. The number of aliphatic hydroxyl groups is 1. The molecule has 1 fully saturated rings. The Morgan fingerprint density at radius 1 is 1.23 bits per heavy atom. The fraction of sp³-hybridized carbons (Fsp3) is 0.600. The maximum absolute atomic E-state index is 12.3. The van der Waals surface area contributed by atoms with Crippen LogP contribution in [-0.2, 0) is 19.7 Å². The van der Waals surface area contributed by atoms with Crippen molar-refractivity contribution in [1.82, 2.24) is 4.90 Å². The van der Waals surface area contributed by atoms with Crippen molar-refractivity contribution in [3.63, 3.8) is 0 Å². The van der Waals surface area contributed by atoms with E-state index < -0.39 is 11.5 Å². The number of aliphatic hydroxyl groups excluding tert-OH is 1. The van der Waals surface area contributed by atoms with Gasteiger partial charge in [-0.3, -0.25) is 9.59 Å². The molecule has 0 bridgehead atoms. The molecule has 166 valence electrons. The molecule has 2 atom stereocenters. The minimum Gasteiger partial charge on any atom is -0.466 e. The Kier molecular flexibility index (Phi) is 9.57. The lowest BCUT2D eigenvalue weighted by Gasteiger charge is -2.30. The van der Waals surface area contributed by atoms with Gasteiger partial charge in [0.1, 0.15) is 0 Å². The van der Waals surface area contributed by atoms with Crippen LogP contribution in [0.3, 0.4) is 0 Å². The minimum absolute atomic E-state index is 0.0539. The number of esters is 1. The lowest BCUT2D eigenvalue weighted by molar-refractivity contribution is -0.143. The number of likely N-dealkylation sites (tertiary alicyclic amines) is 1. The monoisotopic (exact) mass is 415 g/mol. The average Bonchev–Trinajstić information content (AvgIpc) is 3.09. The van der Waals surface area contributed by atoms with E-state index in [4.69, 9.17) is 4.74 Å². The molecule has 5 nitrogen and oxygen atoms in total. The smallest absolute Gasteiger partial charge is 0.305 e. The summed E-state index contributed by atoms with van der Waals surface area (Å²) >= 11 is 0. The van der Waals surface area contributed by atoms with Crippen LogP contribution in [-0.4, -0.2) is 47.2 Å². The molecule has 5 heteroatoms. The van der Waals surface area contributed by atoms with Crippen LogP contribution in [0.1, 0.15) is 71.3 Å². The third kappa shape index (κ3) is 6.98. The van der Waals surface area contributed by atoms with Crippen molar-refractivity contribution in [2.75, 3.05) is 13.2 Å². The van der Waals surface area contributed by atoms with E-state index in [0.717, 1.165) is 44.2 Å². The first-order valence-corrected chi connectivity index (χ1v) is 11.2. The molecular weight excluding hydrogens is 378 g/mol. The van der Waals surface area contributed by atoms with E-state index in [2.05, 4.69) is 0 Å². The molecule has 1 N–H and O–H groups in total. The zero-order valence-electron chi connectivity index (χ0n) is 18.7. The molecule has 1 amide bonds. The highest BCUT2D eigenvalue weighted by Crippen LogP contribution is 2.29. The van der Waals surface area contributed by atoms with Gasteiger partial charge in [-0.15, -0.1) is 0 Å². The Morgan fingerprint density at radius 2 is 1.93 bits per heavy atom. The Hall–Kier alpha value is -2.14. The van der Waals surface area contributed by atoms with Crippen LogP contribution < -0.4 is 0 Å². The summed E-state index contributed by atoms with van der Waals surface area (Å²) in [6.45, 7) is 7.04. The molecule has 1 aromatic rings. The Labute approximate surface area is 181 Å². The summed E-state index contributed by atoms with van der Waals surface area (Å²) < 4.78 is 4.94. The molecular formula is C25H37NO4. The molecule has 1 aliphatic rings. The fourth-order valence-corrected chi connectivity index (χ4v) is 3.90. The number of benzene rings is 1. The fourth-order valence-electron chi connectivity index (χ4n) is 3.90. The number of rotatable bonds is 12. The van der Waals surface area contributed by atoms with Gasteiger partial charge in [0, 0.05) is 24.8 Å². The summed E-state index contributed by atoms with van der Waals surface area (Å²) in [6.07, 6.45) is 8.77. The predicted molar refractivity (Wildman–Crippen MR) is 119 cm³/mol. The first kappa shape index (κ1) is 24.1. The summed E-state index contributed by atoms with van der Waals surface area (Å²) in [7, 11) is 0. The van der Waals surface area contributed by atoms with Crippen LogP contribution >= 0.6 is 0 Å². The first-order valence-electron chi connectivity index (χ1n) is 11.2. The van der Waals surface area contributed by atoms with Crippen LogP contribution in [0.4, 0.5) is 0 Å². The molecule has 1 aromatic carbocycles. The molecule has 1 saturated heterocycles. The Morgan fingerprint density at radius 3 is 2.63 bits per heavy atom. The lowest BCUT2D eigenvalue weighted by Crippen LogP contribution is -2.35. The second kappa shape index (κ2) is 11.9. The molecule has 2 unspecified atom stereocenters. The maximum Gasteiger partial charge on any atom is 0.305 e. The number of unbranched alkanes of at least 4 members (excludes halogenated alkanes) is 3. The third-order valence-corrected chi connectivity index (χ3v) is 5.98.